The summed E-state index contributed by atoms with van der Waals surface area (Å²) in [7, 11) is -5.43. The zero-order chi connectivity index (χ0) is 35.8. The third-order valence-electron chi connectivity index (χ3n) is 8.37. The van der Waals surface area contributed by atoms with Gasteiger partial charge >= 0.3 is 14.0 Å². The number of carboxylic acid groups (broad SMARTS) is 1. The lowest BCUT2D eigenvalue weighted by Crippen LogP contribution is -2.68. The Morgan fingerprint density at radius 1 is 0.918 bits per heavy atom. The monoisotopic (exact) mass is 698 g/mol. The second-order valence-corrected chi connectivity index (χ2v) is 19.3. The van der Waals surface area contributed by atoms with Crippen LogP contribution in [0, 0.1) is 17.7 Å². The van der Waals surface area contributed by atoms with Gasteiger partial charge in [0.05, 0.1) is 17.7 Å². The van der Waals surface area contributed by atoms with Gasteiger partial charge in [-0.2, -0.15) is 0 Å². The predicted octanol–water partition coefficient (Wildman–Crippen LogP) is 8.66. The first-order valence-electron chi connectivity index (χ1n) is 16.6. The van der Waals surface area contributed by atoms with Crippen LogP contribution in [0.5, 0.6) is 0 Å². The van der Waals surface area contributed by atoms with E-state index in [2.05, 4.69) is 46.5 Å². The fourth-order valence-electron chi connectivity index (χ4n) is 6.01. The quantitative estimate of drug-likeness (QED) is 0.0855. The normalized spacial score (nSPS) is 12.8. The summed E-state index contributed by atoms with van der Waals surface area (Å²) in [6.07, 6.45) is -1.30. The summed E-state index contributed by atoms with van der Waals surface area (Å²) in [6.45, 7) is 14.4. The zero-order valence-corrected chi connectivity index (χ0v) is 31.3. The van der Waals surface area contributed by atoms with Gasteiger partial charge in [0.15, 0.2) is 6.61 Å². The van der Waals surface area contributed by atoms with E-state index in [0.717, 1.165) is 32.9 Å². The van der Waals surface area contributed by atoms with Crippen LogP contribution in [0.3, 0.4) is 0 Å². The van der Waals surface area contributed by atoms with E-state index in [0.29, 0.717) is 5.56 Å². The summed E-state index contributed by atoms with van der Waals surface area (Å²) < 4.78 is 39.9. The van der Waals surface area contributed by atoms with Crippen molar-refractivity contribution in [1.82, 2.24) is 4.98 Å². The van der Waals surface area contributed by atoms with E-state index >= 15 is 0 Å². The molecule has 0 aliphatic rings. The molecule has 0 saturated carbocycles. The van der Waals surface area contributed by atoms with E-state index in [1.54, 1.807) is 12.1 Å². The molecule has 1 aromatic heterocycles. The number of aromatic nitrogens is 1. The number of aliphatic carboxylic acids is 1. The summed E-state index contributed by atoms with van der Waals surface area (Å²) >= 11 is 0. The smallest absolute Gasteiger partial charge is 0.481 e. The number of carbonyl (C=O) groups is 1. The molecular weight excluding hydrogens is 652 g/mol. The highest BCUT2D eigenvalue weighted by molar-refractivity contribution is 7.39. The van der Waals surface area contributed by atoms with Crippen molar-refractivity contribution in [1.29, 1.82) is 0 Å². The van der Waals surface area contributed by atoms with Crippen molar-refractivity contribution in [3.8, 4) is 23.0 Å². The number of hydrogen-bond donors (Lipinski definition) is 1. The van der Waals surface area contributed by atoms with Crippen LogP contribution in [0.2, 0.25) is 5.04 Å². The summed E-state index contributed by atoms with van der Waals surface area (Å²) in [5.74, 6) is 5.10. The fourth-order valence-corrected chi connectivity index (χ4v) is 11.7. The van der Waals surface area contributed by atoms with Gasteiger partial charge in [0, 0.05) is 11.3 Å². The first kappa shape index (κ1) is 37.8. The van der Waals surface area contributed by atoms with E-state index < -0.39 is 28.4 Å². The van der Waals surface area contributed by atoms with Crippen molar-refractivity contribution < 1.29 is 27.8 Å². The van der Waals surface area contributed by atoms with E-state index in [1.165, 1.54) is 12.1 Å². The number of halogens is 1. The molecule has 1 N–H and O–H groups in total. The van der Waals surface area contributed by atoms with Crippen molar-refractivity contribution in [2.24, 2.45) is 0 Å². The van der Waals surface area contributed by atoms with Crippen molar-refractivity contribution in [3.05, 3.63) is 114 Å². The first-order chi connectivity index (χ1) is 23.2. The van der Waals surface area contributed by atoms with Gasteiger partial charge in [-0.25, -0.2) is 4.39 Å². The topological polar surface area (TPSA) is 85.7 Å². The van der Waals surface area contributed by atoms with Gasteiger partial charge in [-0.3, -0.25) is 9.78 Å². The van der Waals surface area contributed by atoms with Crippen LogP contribution in [0.1, 0.15) is 83.7 Å². The molecule has 4 rings (SSSR count). The zero-order valence-electron chi connectivity index (χ0n) is 29.4. The molecule has 0 radical (unpaired) electrons. The molecule has 6 nitrogen and oxygen atoms in total. The highest BCUT2D eigenvalue weighted by Gasteiger charge is 2.52. The Balaban J connectivity index is 1.63. The van der Waals surface area contributed by atoms with E-state index in [1.807, 2.05) is 80.6 Å². The maximum Gasteiger partial charge on any atom is 0.511 e. The van der Waals surface area contributed by atoms with Gasteiger partial charge in [0.25, 0.3) is 8.32 Å². The largest absolute Gasteiger partial charge is 0.511 e. The minimum absolute atomic E-state index is 0.0650. The second kappa shape index (κ2) is 16.6. The predicted molar refractivity (Wildman–Crippen MR) is 198 cm³/mol. The lowest BCUT2D eigenvalue weighted by atomic mass is 9.92. The Hall–Kier alpha value is -3.99. The van der Waals surface area contributed by atoms with Gasteiger partial charge < -0.3 is 9.53 Å². The van der Waals surface area contributed by atoms with Gasteiger partial charge in [0.2, 0.25) is 6.16 Å². The molecule has 0 bridgehead atoms. The standard InChI is InChI=1S/C40H45FNO5PSi/c1-28(2)37-26-36(30-20-22-31(41)23-21-30)35(39(42-37)29(3)4)19-14-24-46-48(45)27-32(25-38(43)44)47-49(40(5,6)7,33-15-10-8-11-16-33)34-17-12-9-13-18-34/h8-13,15-18,20-23,26,28-29,32H,24-25,27H2,1-7H3/p+1/t32-/m0/s1. The Kier molecular flexibility index (Phi) is 12.8. The molecule has 0 aliphatic carbocycles. The Bertz CT molecular complexity index is 1760. The number of carboxylic acids is 1. The molecule has 0 amide bonds. The molecule has 1 unspecified atom stereocenters. The number of nitrogens with zero attached hydrogens (tertiary/aromatic N) is 1. The molecule has 3 aromatic carbocycles. The highest BCUT2D eigenvalue weighted by Crippen LogP contribution is 2.39. The number of benzene rings is 3. The molecule has 0 aliphatic heterocycles. The van der Waals surface area contributed by atoms with Crippen molar-refractivity contribution in [2.75, 3.05) is 12.8 Å². The van der Waals surface area contributed by atoms with Gasteiger partial charge in [-0.05, 0) is 55.6 Å². The minimum Gasteiger partial charge on any atom is -0.481 e. The molecule has 49 heavy (non-hydrogen) atoms. The molecule has 4 aromatic rings. The first-order valence-corrected chi connectivity index (χ1v) is 19.9. The molecular formula is C40H46FNO5PSi+. The van der Waals surface area contributed by atoms with Gasteiger partial charge in [0.1, 0.15) is 11.9 Å². The van der Waals surface area contributed by atoms with Crippen LogP contribution in [-0.2, 0) is 18.3 Å². The average molecular weight is 699 g/mol. The summed E-state index contributed by atoms with van der Waals surface area (Å²) in [5, 5.41) is 11.5. The maximum absolute atomic E-state index is 13.8. The van der Waals surface area contributed by atoms with E-state index in [-0.39, 0.29) is 41.9 Å². The molecule has 0 saturated heterocycles. The number of hydrogen-bond acceptors (Lipinski definition) is 5. The van der Waals surface area contributed by atoms with Crippen molar-refractivity contribution >= 4 is 32.7 Å². The van der Waals surface area contributed by atoms with Gasteiger partial charge in [-0.15, -0.1) is 4.52 Å². The van der Waals surface area contributed by atoms with Crippen LogP contribution in [0.15, 0.2) is 91.0 Å². The third kappa shape index (κ3) is 9.38. The lowest BCUT2D eigenvalue weighted by molar-refractivity contribution is -0.138. The molecule has 256 valence electrons. The molecule has 9 heteroatoms. The van der Waals surface area contributed by atoms with Crippen LogP contribution in [0.4, 0.5) is 4.39 Å². The maximum atomic E-state index is 13.8. The number of rotatable bonds is 13. The van der Waals surface area contributed by atoms with Crippen LogP contribution >= 0.6 is 8.03 Å². The van der Waals surface area contributed by atoms with Crippen LogP contribution in [0.25, 0.3) is 11.1 Å². The van der Waals surface area contributed by atoms with Crippen molar-refractivity contribution in [2.45, 2.75) is 77.9 Å². The molecule has 1 heterocycles. The Labute approximate surface area is 292 Å². The number of pyridine rings is 1. The SMILES string of the molecule is CC(C)c1cc(-c2ccc(F)cc2)c(C#CCO[P+](=O)C[C@H](CC(=O)O)O[Si](c2ccccc2)(c2ccccc2)C(C)(C)C)c(C(C)C)n1. The molecule has 0 spiro atoms. The highest BCUT2D eigenvalue weighted by atomic mass is 31.1. The van der Waals surface area contributed by atoms with E-state index in [4.69, 9.17) is 13.9 Å². The average Bonchev–Trinajstić information content (AvgIpc) is 3.05. The molecule has 2 atom stereocenters. The summed E-state index contributed by atoms with van der Waals surface area (Å²) in [5.41, 5.74) is 4.12. The van der Waals surface area contributed by atoms with E-state index in [9.17, 15) is 18.9 Å². The Morgan fingerprint density at radius 2 is 1.49 bits per heavy atom. The van der Waals surface area contributed by atoms with Crippen molar-refractivity contribution in [3.63, 3.8) is 0 Å². The second-order valence-electron chi connectivity index (χ2n) is 13.8. The Morgan fingerprint density at radius 3 is 1.98 bits per heavy atom. The van der Waals surface area contributed by atoms with Crippen LogP contribution in [-0.4, -0.2) is 43.2 Å². The summed E-state index contributed by atoms with van der Waals surface area (Å²) in [4.78, 5) is 17.0. The summed E-state index contributed by atoms with van der Waals surface area (Å²) in [6, 6.07) is 28.1. The lowest BCUT2D eigenvalue weighted by Gasteiger charge is -2.44. The van der Waals surface area contributed by atoms with Crippen LogP contribution < -0.4 is 10.4 Å². The third-order valence-corrected chi connectivity index (χ3v) is 14.6. The minimum atomic E-state index is -3.11. The fraction of sp³-hybridized carbons (Fsp3) is 0.350. The van der Waals surface area contributed by atoms with Gasteiger partial charge in [-0.1, -0.05) is 133 Å². The molecule has 0 fully saturated rings.